The Morgan fingerprint density at radius 1 is 1.30 bits per heavy atom. The highest BCUT2D eigenvalue weighted by Crippen LogP contribution is 2.16. The fourth-order valence-corrected chi connectivity index (χ4v) is 2.35. The number of amides is 1. The van der Waals surface area contributed by atoms with Crippen molar-refractivity contribution in [2.24, 2.45) is 0 Å². The fraction of sp³-hybridized carbons (Fsp3) is 0.353. The van der Waals surface area contributed by atoms with Gasteiger partial charge in [0.1, 0.15) is 6.54 Å². The van der Waals surface area contributed by atoms with Gasteiger partial charge in [-0.2, -0.15) is 0 Å². The second-order valence-electron chi connectivity index (χ2n) is 5.08. The Hall–Kier alpha value is -2.63. The number of nitrogens with zero attached hydrogens (tertiary/aromatic N) is 3. The summed E-state index contributed by atoms with van der Waals surface area (Å²) in [6.45, 7) is 6.48. The molecule has 6 heteroatoms. The second kappa shape index (κ2) is 7.58. The number of likely N-dealkylation sites (N-methyl/N-ethyl adjacent to an activating group) is 1. The maximum Gasteiger partial charge on any atom is 0.374 e. The molecule has 1 amide bonds. The second-order valence-corrected chi connectivity index (χ2v) is 5.08. The number of imidazole rings is 1. The van der Waals surface area contributed by atoms with E-state index in [1.165, 1.54) is 10.8 Å². The van der Waals surface area contributed by atoms with Crippen molar-refractivity contribution in [2.45, 2.75) is 27.3 Å². The van der Waals surface area contributed by atoms with E-state index in [4.69, 9.17) is 4.74 Å². The molecule has 0 aliphatic rings. The van der Waals surface area contributed by atoms with Gasteiger partial charge >= 0.3 is 5.97 Å². The molecule has 2 aromatic rings. The van der Waals surface area contributed by atoms with Gasteiger partial charge in [-0.15, -0.1) is 0 Å². The average Bonchev–Trinajstić information content (AvgIpc) is 2.96. The number of hydrogen-bond donors (Lipinski definition) is 0. The molecule has 0 saturated carbocycles. The molecular formula is C17H21N3O3. The Morgan fingerprint density at radius 3 is 2.74 bits per heavy atom. The molecule has 0 fully saturated rings. The molecule has 23 heavy (non-hydrogen) atoms. The first kappa shape index (κ1) is 16.7. The van der Waals surface area contributed by atoms with E-state index < -0.39 is 5.97 Å². The van der Waals surface area contributed by atoms with Crippen molar-refractivity contribution >= 4 is 17.6 Å². The maximum absolute atomic E-state index is 12.6. The van der Waals surface area contributed by atoms with E-state index in [-0.39, 0.29) is 24.9 Å². The Morgan fingerprint density at radius 2 is 2.09 bits per heavy atom. The Kier molecular flexibility index (Phi) is 5.51. The molecule has 1 aromatic heterocycles. The van der Waals surface area contributed by atoms with Crippen LogP contribution in [0, 0.1) is 6.92 Å². The molecule has 0 aliphatic heterocycles. The molecule has 6 nitrogen and oxygen atoms in total. The van der Waals surface area contributed by atoms with E-state index in [0.29, 0.717) is 6.54 Å². The zero-order valence-electron chi connectivity index (χ0n) is 13.7. The molecule has 1 heterocycles. The molecular weight excluding hydrogens is 294 g/mol. The third-order valence-electron chi connectivity index (χ3n) is 3.41. The van der Waals surface area contributed by atoms with E-state index in [0.717, 1.165) is 11.3 Å². The predicted molar refractivity (Wildman–Crippen MR) is 87.4 cm³/mol. The smallest absolute Gasteiger partial charge is 0.374 e. The lowest BCUT2D eigenvalue weighted by Crippen LogP contribution is -2.34. The fourth-order valence-electron chi connectivity index (χ4n) is 2.35. The van der Waals surface area contributed by atoms with E-state index >= 15 is 0 Å². The first-order valence-electron chi connectivity index (χ1n) is 7.62. The van der Waals surface area contributed by atoms with Crippen LogP contribution in [0.15, 0.2) is 36.7 Å². The lowest BCUT2D eigenvalue weighted by atomic mass is 10.2. The van der Waals surface area contributed by atoms with Crippen molar-refractivity contribution in [3.8, 4) is 0 Å². The van der Waals surface area contributed by atoms with Gasteiger partial charge in [0.15, 0.2) is 0 Å². The van der Waals surface area contributed by atoms with Gasteiger partial charge in [0.25, 0.3) is 0 Å². The zero-order chi connectivity index (χ0) is 16.8. The molecule has 0 unspecified atom stereocenters. The summed E-state index contributed by atoms with van der Waals surface area (Å²) in [6.07, 6.45) is 3.09. The first-order valence-corrected chi connectivity index (χ1v) is 7.62. The number of aromatic nitrogens is 2. The molecule has 122 valence electrons. The van der Waals surface area contributed by atoms with Gasteiger partial charge in [-0.3, -0.25) is 4.79 Å². The SMILES string of the molecule is CCOC(=O)c1nccn1CC(=O)N(CC)c1cccc(C)c1. The van der Waals surface area contributed by atoms with Crippen LogP contribution < -0.4 is 4.90 Å². The number of ether oxygens (including phenoxy) is 1. The van der Waals surface area contributed by atoms with Gasteiger partial charge in [0.2, 0.25) is 11.7 Å². The minimum Gasteiger partial charge on any atom is -0.460 e. The number of anilines is 1. The van der Waals surface area contributed by atoms with Crippen LogP contribution in [0.2, 0.25) is 0 Å². The minimum absolute atomic E-state index is 0.0376. The number of esters is 1. The maximum atomic E-state index is 12.6. The molecule has 1 aromatic carbocycles. The predicted octanol–water partition coefficient (Wildman–Crippen LogP) is 2.42. The molecule has 0 N–H and O–H groups in total. The van der Waals surface area contributed by atoms with Crippen LogP contribution in [-0.2, 0) is 16.1 Å². The van der Waals surface area contributed by atoms with Gasteiger partial charge in [-0.05, 0) is 38.5 Å². The van der Waals surface area contributed by atoms with Crippen LogP contribution in [0.25, 0.3) is 0 Å². The quantitative estimate of drug-likeness (QED) is 0.768. The van der Waals surface area contributed by atoms with Crippen molar-refractivity contribution in [3.63, 3.8) is 0 Å². The highest BCUT2D eigenvalue weighted by Gasteiger charge is 2.19. The van der Waals surface area contributed by atoms with E-state index in [1.54, 1.807) is 18.0 Å². The van der Waals surface area contributed by atoms with Crippen LogP contribution in [0.1, 0.15) is 30.0 Å². The lowest BCUT2D eigenvalue weighted by molar-refractivity contribution is -0.119. The summed E-state index contributed by atoms with van der Waals surface area (Å²) in [5, 5.41) is 0. The van der Waals surface area contributed by atoms with Crippen molar-refractivity contribution in [2.75, 3.05) is 18.1 Å². The summed E-state index contributed by atoms with van der Waals surface area (Å²) < 4.78 is 6.46. The standard InChI is InChI=1S/C17H21N3O3/c1-4-20(14-8-6-7-13(3)11-14)15(21)12-19-10-9-18-16(19)17(22)23-5-2/h6-11H,4-5,12H2,1-3H3. The third kappa shape index (κ3) is 3.97. The number of aryl methyl sites for hydroxylation is 1. The molecule has 0 radical (unpaired) electrons. The first-order chi connectivity index (χ1) is 11.1. The summed E-state index contributed by atoms with van der Waals surface area (Å²) in [5.74, 6) is -0.494. The molecule has 0 atom stereocenters. The monoisotopic (exact) mass is 315 g/mol. The summed E-state index contributed by atoms with van der Waals surface area (Å²) >= 11 is 0. The highest BCUT2D eigenvalue weighted by molar-refractivity contribution is 5.94. The molecule has 0 spiro atoms. The molecule has 0 bridgehead atoms. The summed E-state index contributed by atoms with van der Waals surface area (Å²) in [4.78, 5) is 30.1. The van der Waals surface area contributed by atoms with Gasteiger partial charge in [0, 0.05) is 24.6 Å². The third-order valence-corrected chi connectivity index (χ3v) is 3.41. The topological polar surface area (TPSA) is 64.4 Å². The van der Waals surface area contributed by atoms with Crippen molar-refractivity contribution < 1.29 is 14.3 Å². The number of benzene rings is 1. The summed E-state index contributed by atoms with van der Waals surface area (Å²) in [7, 11) is 0. The highest BCUT2D eigenvalue weighted by atomic mass is 16.5. The Labute approximate surface area is 135 Å². The molecule has 2 rings (SSSR count). The van der Waals surface area contributed by atoms with Crippen LogP contribution in [-0.4, -0.2) is 34.6 Å². The van der Waals surface area contributed by atoms with Crippen molar-refractivity contribution in [3.05, 3.63) is 48.0 Å². The van der Waals surface area contributed by atoms with Crippen LogP contribution in [0.3, 0.4) is 0 Å². The molecule has 0 aliphatic carbocycles. The number of carbonyl (C=O) groups excluding carboxylic acids is 2. The van der Waals surface area contributed by atoms with Gasteiger partial charge < -0.3 is 14.2 Å². The number of rotatable bonds is 6. The average molecular weight is 315 g/mol. The van der Waals surface area contributed by atoms with Crippen LogP contribution in [0.5, 0.6) is 0 Å². The summed E-state index contributed by atoms with van der Waals surface area (Å²) in [6, 6.07) is 7.76. The van der Waals surface area contributed by atoms with E-state index in [2.05, 4.69) is 4.98 Å². The Balaban J connectivity index is 2.18. The largest absolute Gasteiger partial charge is 0.460 e. The molecule has 0 saturated heterocycles. The van der Waals surface area contributed by atoms with Crippen molar-refractivity contribution in [1.29, 1.82) is 0 Å². The van der Waals surface area contributed by atoms with Crippen LogP contribution >= 0.6 is 0 Å². The van der Waals surface area contributed by atoms with Crippen molar-refractivity contribution in [1.82, 2.24) is 9.55 Å². The number of carbonyl (C=O) groups is 2. The van der Waals surface area contributed by atoms with Gasteiger partial charge in [-0.1, -0.05) is 12.1 Å². The summed E-state index contributed by atoms with van der Waals surface area (Å²) in [5.41, 5.74) is 1.93. The van der Waals surface area contributed by atoms with E-state index in [9.17, 15) is 9.59 Å². The Bertz CT molecular complexity index is 694. The lowest BCUT2D eigenvalue weighted by Gasteiger charge is -2.22. The number of hydrogen-bond acceptors (Lipinski definition) is 4. The normalized spacial score (nSPS) is 10.4. The van der Waals surface area contributed by atoms with Gasteiger partial charge in [-0.25, -0.2) is 9.78 Å². The van der Waals surface area contributed by atoms with Gasteiger partial charge in [0.05, 0.1) is 6.61 Å². The zero-order valence-corrected chi connectivity index (χ0v) is 13.7. The van der Waals surface area contributed by atoms with E-state index in [1.807, 2.05) is 38.1 Å². The van der Waals surface area contributed by atoms with Crippen LogP contribution in [0.4, 0.5) is 5.69 Å². The minimum atomic E-state index is -0.524.